The Morgan fingerprint density at radius 2 is 0.870 bits per heavy atom. The lowest BCUT2D eigenvalue weighted by molar-refractivity contribution is 1.18. The minimum atomic E-state index is 1.11. The molecule has 0 saturated carbocycles. The van der Waals surface area contributed by atoms with Crippen LogP contribution in [0.3, 0.4) is 0 Å². The molecule has 0 aliphatic rings. The fourth-order valence-electron chi connectivity index (χ4n) is 9.11. The number of benzene rings is 8. The van der Waals surface area contributed by atoms with Gasteiger partial charge in [0.2, 0.25) is 0 Å². The first-order valence-corrected chi connectivity index (χ1v) is 18.5. The summed E-state index contributed by atoms with van der Waals surface area (Å²) in [6, 6.07) is 70.6. The number of hydrogen-bond donors (Lipinski definition) is 0. The van der Waals surface area contributed by atoms with Gasteiger partial charge in [0.05, 0.1) is 38.8 Å². The number of rotatable bonds is 5. The summed E-state index contributed by atoms with van der Waals surface area (Å²) >= 11 is 0. The highest BCUT2D eigenvalue weighted by molar-refractivity contribution is 6.25. The van der Waals surface area contributed by atoms with E-state index in [0.29, 0.717) is 0 Å². The third-order valence-electron chi connectivity index (χ3n) is 11.3. The van der Waals surface area contributed by atoms with E-state index in [9.17, 15) is 0 Å². The second-order valence-corrected chi connectivity index (χ2v) is 14.2. The summed E-state index contributed by atoms with van der Waals surface area (Å²) < 4.78 is 7.30. The second-order valence-electron chi connectivity index (χ2n) is 14.2. The van der Waals surface area contributed by atoms with Crippen molar-refractivity contribution in [3.8, 4) is 16.8 Å². The van der Waals surface area contributed by atoms with E-state index < -0.39 is 0 Å². The number of imidazole rings is 1. The number of fused-ring (bicyclic) bond motifs is 12. The van der Waals surface area contributed by atoms with Crippen LogP contribution in [-0.4, -0.2) is 13.4 Å². The average molecular weight is 689 g/mol. The maximum atomic E-state index is 2.46. The summed E-state index contributed by atoms with van der Waals surface area (Å²) in [7, 11) is 0. The van der Waals surface area contributed by atoms with E-state index in [1.54, 1.807) is 0 Å². The molecule has 0 bridgehead atoms. The highest BCUT2D eigenvalue weighted by Crippen LogP contribution is 2.47. The summed E-state index contributed by atoms with van der Waals surface area (Å²) in [6.45, 7) is 0. The molecule has 8 aromatic carbocycles. The highest BCUT2D eigenvalue weighted by atomic mass is 15.2. The SMILES string of the molecule is c1ccc(-c2ccc(N(c3ccc4c(c3)c3c5ccccc5n5c6ccccc6n4c35)c3cccc4c3c3ccccc3n4-c3ccccc3)cc2)cc1. The predicted molar refractivity (Wildman–Crippen MR) is 227 cm³/mol. The van der Waals surface area contributed by atoms with Gasteiger partial charge in [-0.2, -0.15) is 0 Å². The van der Waals surface area contributed by atoms with Crippen molar-refractivity contribution in [2.75, 3.05) is 4.90 Å². The first-order chi connectivity index (χ1) is 26.8. The summed E-state index contributed by atoms with van der Waals surface area (Å²) in [4.78, 5) is 2.46. The van der Waals surface area contributed by atoms with Gasteiger partial charge in [0.1, 0.15) is 5.65 Å². The van der Waals surface area contributed by atoms with Crippen LogP contribution in [0.25, 0.3) is 82.5 Å². The highest BCUT2D eigenvalue weighted by Gasteiger charge is 2.25. The molecule has 0 fully saturated rings. The van der Waals surface area contributed by atoms with Crippen molar-refractivity contribution in [1.29, 1.82) is 0 Å². The molecule has 0 unspecified atom stereocenters. The minimum absolute atomic E-state index is 1.11. The van der Waals surface area contributed by atoms with Gasteiger partial charge in [-0.3, -0.25) is 8.80 Å². The molecular formula is C50H32N4. The molecule has 0 radical (unpaired) electrons. The van der Waals surface area contributed by atoms with Gasteiger partial charge in [-0.1, -0.05) is 115 Å². The van der Waals surface area contributed by atoms with Crippen LogP contribution < -0.4 is 4.90 Å². The van der Waals surface area contributed by atoms with Gasteiger partial charge in [-0.05, 0) is 90.0 Å². The normalized spacial score (nSPS) is 12.1. The van der Waals surface area contributed by atoms with Crippen molar-refractivity contribution in [2.24, 2.45) is 0 Å². The van der Waals surface area contributed by atoms with Crippen molar-refractivity contribution in [3.63, 3.8) is 0 Å². The molecular weight excluding hydrogens is 657 g/mol. The lowest BCUT2D eigenvalue weighted by Crippen LogP contribution is -2.10. The Labute approximate surface area is 310 Å². The largest absolute Gasteiger partial charge is 0.310 e. The van der Waals surface area contributed by atoms with Crippen LogP contribution in [0, 0.1) is 0 Å². The number of anilines is 3. The van der Waals surface area contributed by atoms with Crippen LogP contribution >= 0.6 is 0 Å². The molecule has 0 aliphatic heterocycles. The monoisotopic (exact) mass is 688 g/mol. The summed E-state index contributed by atoms with van der Waals surface area (Å²) in [5.41, 5.74) is 15.4. The molecule has 0 saturated heterocycles. The maximum absolute atomic E-state index is 2.46. The lowest BCUT2D eigenvalue weighted by atomic mass is 10.0. The van der Waals surface area contributed by atoms with Crippen molar-refractivity contribution in [1.82, 2.24) is 13.4 Å². The van der Waals surface area contributed by atoms with E-state index in [-0.39, 0.29) is 0 Å². The fourth-order valence-corrected chi connectivity index (χ4v) is 9.11. The zero-order valence-corrected chi connectivity index (χ0v) is 29.3. The summed E-state index contributed by atoms with van der Waals surface area (Å²) in [6.07, 6.45) is 0. The molecule has 252 valence electrons. The average Bonchev–Trinajstić information content (AvgIpc) is 3.96. The molecule has 4 heterocycles. The zero-order chi connectivity index (χ0) is 35.3. The standard InChI is InChI=1S/C50H32N4/c1-3-14-33(15-4-1)34-26-28-36(29-27-34)51(46-24-13-25-47-49(46)39-19-8-9-20-41(39)52(47)35-16-5-2-6-17-35)37-30-31-43-40(32-37)48-38-18-7-10-21-42(38)53-44-22-11-12-23-45(44)54(43)50(48)53/h1-32H. The minimum Gasteiger partial charge on any atom is -0.310 e. The van der Waals surface area contributed by atoms with Gasteiger partial charge in [0, 0.05) is 44.0 Å². The van der Waals surface area contributed by atoms with E-state index >= 15 is 0 Å². The molecule has 54 heavy (non-hydrogen) atoms. The van der Waals surface area contributed by atoms with E-state index in [2.05, 4.69) is 212 Å². The zero-order valence-electron chi connectivity index (χ0n) is 29.3. The Kier molecular flexibility index (Phi) is 6.02. The number of hydrogen-bond acceptors (Lipinski definition) is 1. The molecule has 0 spiro atoms. The Bertz CT molecular complexity index is 3360. The predicted octanol–water partition coefficient (Wildman–Crippen LogP) is 13.3. The third kappa shape index (κ3) is 3.97. The van der Waals surface area contributed by atoms with E-state index in [1.165, 1.54) is 76.8 Å². The molecule has 4 nitrogen and oxygen atoms in total. The van der Waals surface area contributed by atoms with Crippen LogP contribution in [0.4, 0.5) is 17.1 Å². The van der Waals surface area contributed by atoms with Gasteiger partial charge in [0.15, 0.2) is 0 Å². The summed E-state index contributed by atoms with van der Waals surface area (Å²) in [5, 5.41) is 6.25. The van der Waals surface area contributed by atoms with Gasteiger partial charge in [-0.15, -0.1) is 0 Å². The summed E-state index contributed by atoms with van der Waals surface area (Å²) in [5.74, 6) is 0. The van der Waals surface area contributed by atoms with Crippen molar-refractivity contribution < 1.29 is 0 Å². The van der Waals surface area contributed by atoms with Crippen LogP contribution in [0.2, 0.25) is 0 Å². The first-order valence-electron chi connectivity index (χ1n) is 18.5. The maximum Gasteiger partial charge on any atom is 0.131 e. The van der Waals surface area contributed by atoms with Gasteiger partial charge >= 0.3 is 0 Å². The Morgan fingerprint density at radius 3 is 1.59 bits per heavy atom. The number of para-hydroxylation sites is 5. The van der Waals surface area contributed by atoms with Crippen molar-refractivity contribution in [2.45, 2.75) is 0 Å². The first kappa shape index (κ1) is 29.3. The molecule has 4 aromatic heterocycles. The molecule has 12 aromatic rings. The Hall–Kier alpha value is -7.30. The third-order valence-corrected chi connectivity index (χ3v) is 11.3. The van der Waals surface area contributed by atoms with E-state index in [0.717, 1.165) is 22.7 Å². The molecule has 0 N–H and O–H groups in total. The van der Waals surface area contributed by atoms with Crippen molar-refractivity contribution >= 4 is 82.7 Å². The van der Waals surface area contributed by atoms with Crippen LogP contribution in [0.5, 0.6) is 0 Å². The quantitative estimate of drug-likeness (QED) is 0.176. The number of aromatic nitrogens is 3. The molecule has 0 atom stereocenters. The van der Waals surface area contributed by atoms with Gasteiger partial charge in [-0.25, -0.2) is 0 Å². The lowest BCUT2D eigenvalue weighted by Gasteiger charge is -2.27. The molecule has 12 rings (SSSR count). The topological polar surface area (TPSA) is 17.0 Å². The van der Waals surface area contributed by atoms with Gasteiger partial charge < -0.3 is 9.47 Å². The van der Waals surface area contributed by atoms with Crippen LogP contribution in [0.15, 0.2) is 194 Å². The van der Waals surface area contributed by atoms with Gasteiger partial charge in [0.25, 0.3) is 0 Å². The smallest absolute Gasteiger partial charge is 0.131 e. The Balaban J connectivity index is 1.17. The number of nitrogens with zero attached hydrogens (tertiary/aromatic N) is 4. The van der Waals surface area contributed by atoms with Crippen LogP contribution in [-0.2, 0) is 0 Å². The van der Waals surface area contributed by atoms with Crippen molar-refractivity contribution in [3.05, 3.63) is 194 Å². The van der Waals surface area contributed by atoms with Crippen LogP contribution in [0.1, 0.15) is 0 Å². The van der Waals surface area contributed by atoms with E-state index in [4.69, 9.17) is 0 Å². The molecule has 0 aliphatic carbocycles. The molecule has 0 amide bonds. The Morgan fingerprint density at radius 1 is 0.333 bits per heavy atom. The molecule has 4 heteroatoms. The fraction of sp³-hybridized carbons (Fsp3) is 0. The van der Waals surface area contributed by atoms with E-state index in [1.807, 2.05) is 0 Å². The second kappa shape index (κ2) is 11.1.